The number of carbonyl (C=O) groups is 1. The number of rotatable bonds is 3. The van der Waals surface area contributed by atoms with Crippen LogP contribution in [0, 0.1) is 0 Å². The Morgan fingerprint density at radius 3 is 2.65 bits per heavy atom. The summed E-state index contributed by atoms with van der Waals surface area (Å²) in [7, 11) is 1.77. The number of hydrogen-bond acceptors (Lipinski definition) is 4. The summed E-state index contributed by atoms with van der Waals surface area (Å²) in [5.41, 5.74) is 1.58. The van der Waals surface area contributed by atoms with Crippen LogP contribution in [0.4, 0.5) is 0 Å². The van der Waals surface area contributed by atoms with Crippen LogP contribution in [-0.4, -0.2) is 25.8 Å². The van der Waals surface area contributed by atoms with Crippen molar-refractivity contribution in [3.05, 3.63) is 48.4 Å². The molecule has 0 aliphatic heterocycles. The first-order valence-electron chi connectivity index (χ1n) is 5.93. The van der Waals surface area contributed by atoms with Crippen LogP contribution in [0.1, 0.15) is 10.4 Å². The highest BCUT2D eigenvalue weighted by Crippen LogP contribution is 2.31. The fourth-order valence-electron chi connectivity index (χ4n) is 2.04. The molecule has 1 aromatic carbocycles. The van der Waals surface area contributed by atoms with E-state index in [-0.39, 0.29) is 17.0 Å². The van der Waals surface area contributed by atoms with Gasteiger partial charge in [-0.2, -0.15) is 0 Å². The summed E-state index contributed by atoms with van der Waals surface area (Å²) in [6.45, 7) is 0. The van der Waals surface area contributed by atoms with Gasteiger partial charge in [-0.1, -0.05) is 35.5 Å². The average Bonchev–Trinajstić information content (AvgIpc) is 3.05. The molecule has 2 aromatic heterocycles. The zero-order valence-corrected chi connectivity index (χ0v) is 10.6. The van der Waals surface area contributed by atoms with E-state index in [0.717, 1.165) is 0 Å². The Morgan fingerprint density at radius 1 is 1.30 bits per heavy atom. The number of nitrogens with zero attached hydrogens (tertiary/aromatic N) is 3. The molecular weight excluding hydrogens is 258 g/mol. The van der Waals surface area contributed by atoms with Gasteiger partial charge in [0, 0.05) is 12.6 Å². The second kappa shape index (κ2) is 4.65. The summed E-state index contributed by atoms with van der Waals surface area (Å²) >= 11 is 0. The lowest BCUT2D eigenvalue weighted by atomic mass is 10.1. The van der Waals surface area contributed by atoms with Gasteiger partial charge in [0.2, 0.25) is 0 Å². The summed E-state index contributed by atoms with van der Waals surface area (Å²) in [5, 5.41) is 13.4. The quantitative estimate of drug-likeness (QED) is 0.789. The molecule has 3 aromatic rings. The second-order valence-corrected chi connectivity index (χ2v) is 4.30. The van der Waals surface area contributed by atoms with E-state index in [1.165, 1.54) is 0 Å². The maximum atomic E-state index is 11.6. The van der Waals surface area contributed by atoms with Crippen molar-refractivity contribution in [1.82, 2.24) is 14.7 Å². The molecule has 2 heterocycles. The third-order valence-corrected chi connectivity index (χ3v) is 3.00. The van der Waals surface area contributed by atoms with Crippen molar-refractivity contribution < 1.29 is 14.4 Å². The van der Waals surface area contributed by atoms with Crippen LogP contribution in [0.15, 0.2) is 47.4 Å². The molecular formula is C14H11N3O3. The first-order chi connectivity index (χ1) is 9.68. The Balaban J connectivity index is 2.22. The molecule has 0 saturated heterocycles. The lowest BCUT2D eigenvalue weighted by molar-refractivity contribution is 0.0698. The zero-order valence-electron chi connectivity index (χ0n) is 10.6. The van der Waals surface area contributed by atoms with E-state index in [9.17, 15) is 9.90 Å². The number of aryl methyl sites for hydroxylation is 1. The number of benzene rings is 1. The van der Waals surface area contributed by atoms with Gasteiger partial charge in [-0.15, -0.1) is 0 Å². The van der Waals surface area contributed by atoms with E-state index in [2.05, 4.69) is 10.1 Å². The Kier molecular flexibility index (Phi) is 2.83. The van der Waals surface area contributed by atoms with Gasteiger partial charge in [0.1, 0.15) is 11.3 Å². The first-order valence-corrected chi connectivity index (χ1v) is 5.93. The van der Waals surface area contributed by atoms with Crippen molar-refractivity contribution in [2.75, 3.05) is 0 Å². The summed E-state index contributed by atoms with van der Waals surface area (Å²) in [6.07, 6.45) is 3.14. The molecule has 3 rings (SSSR count). The van der Waals surface area contributed by atoms with E-state index < -0.39 is 5.97 Å². The largest absolute Gasteiger partial charge is 0.477 e. The van der Waals surface area contributed by atoms with Crippen molar-refractivity contribution in [2.24, 2.45) is 7.05 Å². The van der Waals surface area contributed by atoms with Gasteiger partial charge in [-0.3, -0.25) is 0 Å². The van der Waals surface area contributed by atoms with Gasteiger partial charge in [-0.05, 0) is 0 Å². The van der Waals surface area contributed by atoms with Crippen molar-refractivity contribution in [3.63, 3.8) is 0 Å². The summed E-state index contributed by atoms with van der Waals surface area (Å²) in [5.74, 6) is -0.837. The van der Waals surface area contributed by atoms with Gasteiger partial charge < -0.3 is 14.2 Å². The lowest BCUT2D eigenvalue weighted by Gasteiger charge is -2.00. The van der Waals surface area contributed by atoms with Crippen LogP contribution in [0.2, 0.25) is 0 Å². The van der Waals surface area contributed by atoms with Gasteiger partial charge in [0.15, 0.2) is 5.76 Å². The molecule has 20 heavy (non-hydrogen) atoms. The Hall–Kier alpha value is -2.89. The van der Waals surface area contributed by atoms with Crippen LogP contribution in [0.25, 0.3) is 22.7 Å². The van der Waals surface area contributed by atoms with Crippen molar-refractivity contribution >= 4 is 5.97 Å². The van der Waals surface area contributed by atoms with E-state index in [1.807, 2.05) is 18.2 Å². The molecule has 0 aliphatic carbocycles. The van der Waals surface area contributed by atoms with Gasteiger partial charge in [-0.25, -0.2) is 9.78 Å². The smallest absolute Gasteiger partial charge is 0.342 e. The second-order valence-electron chi connectivity index (χ2n) is 4.30. The van der Waals surface area contributed by atoms with Crippen molar-refractivity contribution in [1.29, 1.82) is 0 Å². The van der Waals surface area contributed by atoms with Crippen LogP contribution in [-0.2, 0) is 7.05 Å². The third kappa shape index (κ3) is 1.87. The lowest BCUT2D eigenvalue weighted by Crippen LogP contribution is -2.01. The predicted octanol–water partition coefficient (Wildman–Crippen LogP) is 2.44. The highest BCUT2D eigenvalue weighted by molar-refractivity contribution is 6.00. The zero-order chi connectivity index (χ0) is 14.1. The SMILES string of the molecule is Cn1cncc1-c1noc(-c2ccccc2)c1C(=O)O. The highest BCUT2D eigenvalue weighted by Gasteiger charge is 2.25. The maximum Gasteiger partial charge on any atom is 0.342 e. The minimum Gasteiger partial charge on any atom is -0.477 e. The first kappa shape index (κ1) is 12.2. The molecule has 0 atom stereocenters. The van der Waals surface area contributed by atoms with E-state index in [1.54, 1.807) is 36.3 Å². The van der Waals surface area contributed by atoms with Gasteiger partial charge in [0.05, 0.1) is 18.2 Å². The molecule has 6 nitrogen and oxygen atoms in total. The Morgan fingerprint density at radius 2 is 2.05 bits per heavy atom. The molecule has 0 spiro atoms. The standard InChI is InChI=1S/C14H11N3O3/c1-17-8-15-7-10(17)12-11(14(18)19)13(20-16-12)9-5-3-2-4-6-9/h2-8H,1H3,(H,18,19). The predicted molar refractivity (Wildman–Crippen MR) is 71.1 cm³/mol. The number of hydrogen-bond donors (Lipinski definition) is 1. The fourth-order valence-corrected chi connectivity index (χ4v) is 2.04. The number of aromatic carboxylic acids is 1. The van der Waals surface area contributed by atoms with Crippen LogP contribution in [0.3, 0.4) is 0 Å². The van der Waals surface area contributed by atoms with Crippen molar-refractivity contribution in [3.8, 4) is 22.7 Å². The van der Waals surface area contributed by atoms with Crippen LogP contribution in [0.5, 0.6) is 0 Å². The molecule has 0 aliphatic rings. The normalized spacial score (nSPS) is 10.7. The average molecular weight is 269 g/mol. The Labute approximate surface area is 114 Å². The van der Waals surface area contributed by atoms with E-state index in [4.69, 9.17) is 4.52 Å². The summed E-state index contributed by atoms with van der Waals surface area (Å²) < 4.78 is 6.94. The van der Waals surface area contributed by atoms with Gasteiger partial charge in [0.25, 0.3) is 0 Å². The summed E-state index contributed by atoms with van der Waals surface area (Å²) in [6, 6.07) is 9.03. The number of carboxylic acids is 1. The minimum absolute atomic E-state index is 0.0415. The molecule has 0 unspecified atom stereocenters. The fraction of sp³-hybridized carbons (Fsp3) is 0.0714. The van der Waals surface area contributed by atoms with Crippen LogP contribution < -0.4 is 0 Å². The summed E-state index contributed by atoms with van der Waals surface area (Å²) in [4.78, 5) is 15.5. The number of carboxylic acid groups (broad SMARTS) is 1. The van der Waals surface area contributed by atoms with Gasteiger partial charge >= 0.3 is 5.97 Å². The maximum absolute atomic E-state index is 11.6. The molecule has 0 fully saturated rings. The van der Waals surface area contributed by atoms with E-state index in [0.29, 0.717) is 11.3 Å². The number of aromatic nitrogens is 3. The Bertz CT molecular complexity index is 759. The third-order valence-electron chi connectivity index (χ3n) is 3.00. The van der Waals surface area contributed by atoms with Crippen molar-refractivity contribution in [2.45, 2.75) is 0 Å². The number of imidazole rings is 1. The molecule has 0 amide bonds. The van der Waals surface area contributed by atoms with E-state index >= 15 is 0 Å². The molecule has 0 radical (unpaired) electrons. The molecule has 0 bridgehead atoms. The molecule has 0 saturated carbocycles. The highest BCUT2D eigenvalue weighted by atomic mass is 16.5. The minimum atomic E-state index is -1.08. The molecule has 1 N–H and O–H groups in total. The van der Waals surface area contributed by atoms with Crippen LogP contribution >= 0.6 is 0 Å². The molecule has 6 heteroatoms. The monoisotopic (exact) mass is 269 g/mol. The molecule has 100 valence electrons. The topological polar surface area (TPSA) is 81.2 Å².